The number of ether oxygens (including phenoxy) is 1. The van der Waals surface area contributed by atoms with Crippen LogP contribution >= 0.6 is 0 Å². The van der Waals surface area contributed by atoms with E-state index in [-0.39, 0.29) is 5.78 Å². The van der Waals surface area contributed by atoms with Gasteiger partial charge in [0.25, 0.3) is 0 Å². The summed E-state index contributed by atoms with van der Waals surface area (Å²) in [5, 5.41) is 0. The maximum atomic E-state index is 12.5. The normalized spacial score (nSPS) is 10.3. The zero-order valence-electron chi connectivity index (χ0n) is 12.1. The number of benzene rings is 2. The van der Waals surface area contributed by atoms with E-state index >= 15 is 0 Å². The van der Waals surface area contributed by atoms with E-state index in [1.165, 1.54) is 0 Å². The van der Waals surface area contributed by atoms with Gasteiger partial charge in [-0.3, -0.25) is 4.79 Å². The summed E-state index contributed by atoms with van der Waals surface area (Å²) in [6, 6.07) is 10.7. The van der Waals surface area contributed by atoms with E-state index in [1.54, 1.807) is 24.3 Å². The minimum atomic E-state index is -0.0130. The zero-order valence-corrected chi connectivity index (χ0v) is 12.1. The lowest BCUT2D eigenvalue weighted by Gasteiger charge is -2.13. The second-order valence-corrected chi connectivity index (χ2v) is 4.75. The Morgan fingerprint density at radius 3 is 2.55 bits per heavy atom. The highest BCUT2D eigenvalue weighted by Crippen LogP contribution is 2.26. The SMILES string of the molecule is CCOc1ccc(C(=O)c2cccc(N)c2)c(C)c1C. The van der Waals surface area contributed by atoms with Crippen LogP contribution in [0.25, 0.3) is 0 Å². The molecule has 20 heavy (non-hydrogen) atoms. The smallest absolute Gasteiger partial charge is 0.193 e. The van der Waals surface area contributed by atoms with Crippen molar-refractivity contribution >= 4 is 11.5 Å². The number of anilines is 1. The molecule has 0 atom stereocenters. The molecule has 0 aliphatic heterocycles. The third-order valence-electron chi connectivity index (χ3n) is 3.43. The Hall–Kier alpha value is -2.29. The van der Waals surface area contributed by atoms with E-state index in [0.29, 0.717) is 23.4 Å². The molecule has 0 aromatic heterocycles. The molecule has 0 unspecified atom stereocenters. The molecule has 0 amide bonds. The second kappa shape index (κ2) is 5.78. The van der Waals surface area contributed by atoms with Crippen molar-refractivity contribution in [1.29, 1.82) is 0 Å². The van der Waals surface area contributed by atoms with Crippen molar-refractivity contribution < 1.29 is 9.53 Å². The largest absolute Gasteiger partial charge is 0.494 e. The van der Waals surface area contributed by atoms with Crippen molar-refractivity contribution in [1.82, 2.24) is 0 Å². The summed E-state index contributed by atoms with van der Waals surface area (Å²) in [4.78, 5) is 12.5. The maximum absolute atomic E-state index is 12.5. The van der Waals surface area contributed by atoms with Gasteiger partial charge in [-0.05, 0) is 56.2 Å². The standard InChI is InChI=1S/C17H19NO2/c1-4-20-16-9-8-15(11(2)12(16)3)17(19)13-6-5-7-14(18)10-13/h5-10H,4,18H2,1-3H3. The van der Waals surface area contributed by atoms with Gasteiger partial charge in [0.1, 0.15) is 5.75 Å². The first-order valence-corrected chi connectivity index (χ1v) is 6.67. The van der Waals surface area contributed by atoms with Crippen molar-refractivity contribution in [2.75, 3.05) is 12.3 Å². The molecule has 2 N–H and O–H groups in total. The van der Waals surface area contributed by atoms with Gasteiger partial charge in [-0.1, -0.05) is 12.1 Å². The molecule has 0 saturated heterocycles. The number of hydrogen-bond donors (Lipinski definition) is 1. The Balaban J connectivity index is 2.43. The lowest BCUT2D eigenvalue weighted by Crippen LogP contribution is -2.06. The number of nitrogen functional groups attached to an aromatic ring is 1. The fourth-order valence-corrected chi connectivity index (χ4v) is 2.19. The first kappa shape index (κ1) is 14.1. The maximum Gasteiger partial charge on any atom is 0.193 e. The Labute approximate surface area is 119 Å². The number of hydrogen-bond acceptors (Lipinski definition) is 3. The Kier molecular flexibility index (Phi) is 4.08. The van der Waals surface area contributed by atoms with Crippen molar-refractivity contribution in [3.63, 3.8) is 0 Å². The van der Waals surface area contributed by atoms with Crippen LogP contribution in [0.3, 0.4) is 0 Å². The molecular weight excluding hydrogens is 250 g/mol. The predicted molar refractivity (Wildman–Crippen MR) is 81.4 cm³/mol. The minimum Gasteiger partial charge on any atom is -0.494 e. The van der Waals surface area contributed by atoms with Gasteiger partial charge in [0.05, 0.1) is 6.61 Å². The van der Waals surface area contributed by atoms with Gasteiger partial charge in [-0.25, -0.2) is 0 Å². The third kappa shape index (κ3) is 2.67. The molecule has 2 aromatic rings. The Morgan fingerprint density at radius 2 is 1.90 bits per heavy atom. The highest BCUT2D eigenvalue weighted by molar-refractivity contribution is 6.10. The zero-order chi connectivity index (χ0) is 14.7. The second-order valence-electron chi connectivity index (χ2n) is 4.75. The molecule has 2 rings (SSSR count). The van der Waals surface area contributed by atoms with Crippen LogP contribution in [0.5, 0.6) is 5.75 Å². The molecule has 104 valence electrons. The highest BCUT2D eigenvalue weighted by Gasteiger charge is 2.15. The molecule has 3 heteroatoms. The molecule has 0 heterocycles. The van der Waals surface area contributed by atoms with Crippen molar-refractivity contribution in [2.24, 2.45) is 0 Å². The lowest BCUT2D eigenvalue weighted by molar-refractivity contribution is 0.103. The molecule has 3 nitrogen and oxygen atoms in total. The van der Waals surface area contributed by atoms with Crippen LogP contribution in [0.1, 0.15) is 34.0 Å². The van der Waals surface area contributed by atoms with E-state index in [1.807, 2.05) is 32.9 Å². The topological polar surface area (TPSA) is 52.3 Å². The fourth-order valence-electron chi connectivity index (χ4n) is 2.19. The van der Waals surface area contributed by atoms with Crippen molar-refractivity contribution in [3.05, 3.63) is 58.7 Å². The van der Waals surface area contributed by atoms with Gasteiger partial charge in [-0.15, -0.1) is 0 Å². The summed E-state index contributed by atoms with van der Waals surface area (Å²) in [6.45, 7) is 6.47. The summed E-state index contributed by atoms with van der Waals surface area (Å²) >= 11 is 0. The Bertz CT molecular complexity index is 647. The molecule has 0 spiro atoms. The van der Waals surface area contributed by atoms with E-state index in [9.17, 15) is 4.79 Å². The summed E-state index contributed by atoms with van der Waals surface area (Å²) < 4.78 is 5.55. The van der Waals surface area contributed by atoms with E-state index in [0.717, 1.165) is 16.9 Å². The summed E-state index contributed by atoms with van der Waals surface area (Å²) in [6.07, 6.45) is 0. The molecule has 0 radical (unpaired) electrons. The summed E-state index contributed by atoms with van der Waals surface area (Å²) in [5.41, 5.74) is 9.58. The lowest BCUT2D eigenvalue weighted by atomic mass is 9.95. The minimum absolute atomic E-state index is 0.0130. The van der Waals surface area contributed by atoms with Gasteiger partial charge in [-0.2, -0.15) is 0 Å². The molecule has 0 bridgehead atoms. The third-order valence-corrected chi connectivity index (χ3v) is 3.43. The van der Waals surface area contributed by atoms with E-state index < -0.39 is 0 Å². The van der Waals surface area contributed by atoms with Crippen LogP contribution in [0.4, 0.5) is 5.69 Å². The first-order chi connectivity index (χ1) is 9.54. The number of carbonyl (C=O) groups excluding carboxylic acids is 1. The summed E-state index contributed by atoms with van der Waals surface area (Å²) in [7, 11) is 0. The first-order valence-electron chi connectivity index (χ1n) is 6.67. The van der Waals surface area contributed by atoms with E-state index in [4.69, 9.17) is 10.5 Å². The average molecular weight is 269 g/mol. The van der Waals surface area contributed by atoms with Gasteiger partial charge < -0.3 is 10.5 Å². The Morgan fingerprint density at radius 1 is 1.15 bits per heavy atom. The number of rotatable bonds is 4. The van der Waals surface area contributed by atoms with Crippen LogP contribution in [0.15, 0.2) is 36.4 Å². The average Bonchev–Trinajstić information content (AvgIpc) is 2.44. The fraction of sp³-hybridized carbons (Fsp3) is 0.235. The highest BCUT2D eigenvalue weighted by atomic mass is 16.5. The summed E-state index contributed by atoms with van der Waals surface area (Å²) in [5.74, 6) is 0.815. The van der Waals surface area contributed by atoms with Crippen LogP contribution in [0, 0.1) is 13.8 Å². The molecule has 0 fully saturated rings. The monoisotopic (exact) mass is 269 g/mol. The quantitative estimate of drug-likeness (QED) is 0.682. The van der Waals surface area contributed by atoms with Gasteiger partial charge in [0, 0.05) is 16.8 Å². The molecule has 0 aliphatic carbocycles. The van der Waals surface area contributed by atoms with Gasteiger partial charge in [0.15, 0.2) is 5.78 Å². The van der Waals surface area contributed by atoms with Crippen molar-refractivity contribution in [3.8, 4) is 5.75 Å². The van der Waals surface area contributed by atoms with Gasteiger partial charge >= 0.3 is 0 Å². The van der Waals surface area contributed by atoms with Crippen molar-refractivity contribution in [2.45, 2.75) is 20.8 Å². The molecule has 0 aliphatic rings. The predicted octanol–water partition coefficient (Wildman–Crippen LogP) is 3.52. The molecular formula is C17H19NO2. The van der Waals surface area contributed by atoms with Crippen LogP contribution in [0.2, 0.25) is 0 Å². The van der Waals surface area contributed by atoms with Crippen LogP contribution in [-0.4, -0.2) is 12.4 Å². The van der Waals surface area contributed by atoms with E-state index in [2.05, 4.69) is 0 Å². The van der Waals surface area contributed by atoms with Gasteiger partial charge in [0.2, 0.25) is 0 Å². The number of carbonyl (C=O) groups is 1. The van der Waals surface area contributed by atoms with Crippen LogP contribution in [-0.2, 0) is 0 Å². The number of ketones is 1. The molecule has 2 aromatic carbocycles. The molecule has 0 saturated carbocycles. The number of nitrogens with two attached hydrogens (primary N) is 1. The van der Waals surface area contributed by atoms with Crippen LogP contribution < -0.4 is 10.5 Å².